The normalized spacial score (nSPS) is 12.6. The van der Waals surface area contributed by atoms with Crippen LogP contribution in [0.3, 0.4) is 0 Å². The molecule has 1 atom stereocenters. The minimum Gasteiger partial charge on any atom is -0.271 e. The average molecular weight is 374 g/mol. The molecular weight excluding hydrogens is 358 g/mol. The summed E-state index contributed by atoms with van der Waals surface area (Å²) in [5.41, 5.74) is 4.72. The smallest absolute Gasteiger partial charge is 0.124 e. The molecule has 0 bridgehead atoms. The van der Waals surface area contributed by atoms with Gasteiger partial charge in [-0.05, 0) is 52.8 Å². The quantitative estimate of drug-likeness (QED) is 0.481. The largest absolute Gasteiger partial charge is 0.271 e. The highest BCUT2D eigenvalue weighted by atomic mass is 127. The van der Waals surface area contributed by atoms with Gasteiger partial charge < -0.3 is 0 Å². The number of hydrogen-bond acceptors (Lipinski definition) is 3. The first-order valence-corrected chi connectivity index (χ1v) is 7.18. The Kier molecular flexibility index (Phi) is 4.89. The molecule has 2 aromatic rings. The molecule has 0 saturated carbocycles. The molecule has 1 unspecified atom stereocenters. The van der Waals surface area contributed by atoms with Crippen molar-refractivity contribution in [3.63, 3.8) is 0 Å². The average Bonchev–Trinajstić information content (AvgIpc) is 2.82. The van der Waals surface area contributed by atoms with E-state index in [4.69, 9.17) is 5.84 Å². The van der Waals surface area contributed by atoms with Crippen molar-refractivity contribution in [2.24, 2.45) is 5.84 Å². The van der Waals surface area contributed by atoms with Crippen molar-refractivity contribution in [3.8, 4) is 0 Å². The third-order valence-corrected chi connectivity index (χ3v) is 3.85. The van der Waals surface area contributed by atoms with Gasteiger partial charge in [0.25, 0.3) is 0 Å². The molecule has 19 heavy (non-hydrogen) atoms. The molecule has 0 aliphatic rings. The zero-order valence-corrected chi connectivity index (χ0v) is 12.8. The Morgan fingerprint density at radius 2 is 2.26 bits per heavy atom. The molecule has 0 amide bonds. The monoisotopic (exact) mass is 374 g/mol. The first-order chi connectivity index (χ1) is 9.17. The van der Waals surface area contributed by atoms with Crippen LogP contribution in [0.4, 0.5) is 4.39 Å². The topological polar surface area (TPSA) is 55.9 Å². The third kappa shape index (κ3) is 3.13. The zero-order valence-electron chi connectivity index (χ0n) is 10.6. The molecule has 1 aromatic carbocycles. The van der Waals surface area contributed by atoms with Crippen LogP contribution in [-0.4, -0.2) is 9.78 Å². The second-order valence-corrected chi connectivity index (χ2v) is 5.41. The van der Waals surface area contributed by atoms with Crippen molar-refractivity contribution in [1.29, 1.82) is 0 Å². The Labute approximate surface area is 125 Å². The van der Waals surface area contributed by atoms with Crippen LogP contribution in [0.25, 0.3) is 0 Å². The van der Waals surface area contributed by atoms with E-state index in [2.05, 4.69) is 40.0 Å². The van der Waals surface area contributed by atoms with Crippen LogP contribution in [0.5, 0.6) is 0 Å². The van der Waals surface area contributed by atoms with E-state index in [0.717, 1.165) is 27.8 Å². The lowest BCUT2D eigenvalue weighted by atomic mass is 10.0. The Morgan fingerprint density at radius 3 is 2.89 bits per heavy atom. The van der Waals surface area contributed by atoms with Gasteiger partial charge in [-0.3, -0.25) is 10.5 Å². The van der Waals surface area contributed by atoms with E-state index in [0.29, 0.717) is 0 Å². The Balaban J connectivity index is 2.41. The van der Waals surface area contributed by atoms with E-state index in [1.807, 2.05) is 10.7 Å². The van der Waals surface area contributed by atoms with Gasteiger partial charge in [-0.25, -0.2) is 9.82 Å². The highest BCUT2D eigenvalue weighted by molar-refractivity contribution is 14.1. The van der Waals surface area contributed by atoms with Crippen molar-refractivity contribution in [1.82, 2.24) is 15.2 Å². The Morgan fingerprint density at radius 1 is 1.47 bits per heavy atom. The van der Waals surface area contributed by atoms with Gasteiger partial charge in [0.05, 0.1) is 11.7 Å². The number of rotatable bonds is 5. The summed E-state index contributed by atoms with van der Waals surface area (Å²) >= 11 is 2.12. The molecule has 1 aromatic heterocycles. The van der Waals surface area contributed by atoms with Gasteiger partial charge in [0.2, 0.25) is 0 Å². The number of benzene rings is 1. The minimum atomic E-state index is -0.244. The Bertz CT molecular complexity index is 555. The predicted octanol–water partition coefficient (Wildman–Crippen LogP) is 2.59. The lowest BCUT2D eigenvalue weighted by molar-refractivity contribution is 0.519. The maximum atomic E-state index is 13.2. The molecule has 0 spiro atoms. The number of nitrogens with one attached hydrogen (secondary N) is 1. The first-order valence-electron chi connectivity index (χ1n) is 6.10. The minimum absolute atomic E-state index is 0.193. The summed E-state index contributed by atoms with van der Waals surface area (Å²) in [5, 5.41) is 4.29. The van der Waals surface area contributed by atoms with Crippen molar-refractivity contribution < 1.29 is 4.39 Å². The molecular formula is C13H16FIN4. The van der Waals surface area contributed by atoms with Crippen LogP contribution in [-0.2, 0) is 6.54 Å². The number of aromatic nitrogens is 2. The van der Waals surface area contributed by atoms with Crippen molar-refractivity contribution in [2.75, 3.05) is 0 Å². The molecule has 6 heteroatoms. The van der Waals surface area contributed by atoms with Crippen LogP contribution in [0.1, 0.15) is 30.6 Å². The summed E-state index contributed by atoms with van der Waals surface area (Å²) < 4.78 is 15.9. The molecule has 0 aliphatic heterocycles. The molecule has 3 N–H and O–H groups in total. The van der Waals surface area contributed by atoms with Gasteiger partial charge in [-0.15, -0.1) is 0 Å². The van der Waals surface area contributed by atoms with Gasteiger partial charge in [-0.2, -0.15) is 5.10 Å². The van der Waals surface area contributed by atoms with E-state index in [1.54, 1.807) is 12.3 Å². The van der Waals surface area contributed by atoms with Gasteiger partial charge in [0.1, 0.15) is 5.82 Å². The second-order valence-electron chi connectivity index (χ2n) is 4.24. The van der Waals surface area contributed by atoms with Gasteiger partial charge in [-0.1, -0.05) is 13.0 Å². The van der Waals surface area contributed by atoms with E-state index in [-0.39, 0.29) is 11.9 Å². The second kappa shape index (κ2) is 6.44. The predicted molar refractivity (Wildman–Crippen MR) is 80.8 cm³/mol. The zero-order chi connectivity index (χ0) is 13.8. The van der Waals surface area contributed by atoms with E-state index >= 15 is 0 Å². The first kappa shape index (κ1) is 14.4. The van der Waals surface area contributed by atoms with Crippen molar-refractivity contribution in [2.45, 2.75) is 25.9 Å². The SMILES string of the molecule is CCCn1nccc1C(NN)c1ccc(F)cc1I. The summed E-state index contributed by atoms with van der Waals surface area (Å²) in [4.78, 5) is 0. The molecule has 4 nitrogen and oxygen atoms in total. The lowest BCUT2D eigenvalue weighted by Gasteiger charge is -2.19. The van der Waals surface area contributed by atoms with Crippen LogP contribution < -0.4 is 11.3 Å². The molecule has 0 aliphatic carbocycles. The van der Waals surface area contributed by atoms with Crippen LogP contribution in [0.15, 0.2) is 30.5 Å². The molecule has 2 rings (SSSR count). The fourth-order valence-electron chi connectivity index (χ4n) is 2.06. The van der Waals surface area contributed by atoms with E-state index in [9.17, 15) is 4.39 Å². The van der Waals surface area contributed by atoms with E-state index < -0.39 is 0 Å². The standard InChI is InChI=1S/C13H16FIN4/c1-2-7-19-12(5-6-17-19)13(18-16)10-4-3-9(14)8-11(10)15/h3-6,8,13,18H,2,7,16H2,1H3. The van der Waals surface area contributed by atoms with Gasteiger partial charge in [0, 0.05) is 16.3 Å². The van der Waals surface area contributed by atoms with Crippen LogP contribution in [0, 0.1) is 9.39 Å². The van der Waals surface area contributed by atoms with Gasteiger partial charge in [0.15, 0.2) is 0 Å². The van der Waals surface area contributed by atoms with E-state index in [1.165, 1.54) is 12.1 Å². The summed E-state index contributed by atoms with van der Waals surface area (Å²) in [5.74, 6) is 5.44. The fraction of sp³-hybridized carbons (Fsp3) is 0.308. The number of aryl methyl sites for hydroxylation is 1. The van der Waals surface area contributed by atoms with Crippen molar-refractivity contribution >= 4 is 22.6 Å². The summed E-state index contributed by atoms with van der Waals surface area (Å²) in [6.45, 7) is 2.93. The number of hydrazine groups is 1. The maximum Gasteiger partial charge on any atom is 0.124 e. The van der Waals surface area contributed by atoms with Crippen LogP contribution >= 0.6 is 22.6 Å². The number of nitrogens with zero attached hydrogens (tertiary/aromatic N) is 2. The number of hydrogen-bond donors (Lipinski definition) is 2. The van der Waals surface area contributed by atoms with Crippen molar-refractivity contribution in [3.05, 3.63) is 51.1 Å². The summed E-state index contributed by atoms with van der Waals surface area (Å²) in [7, 11) is 0. The lowest BCUT2D eigenvalue weighted by Crippen LogP contribution is -2.31. The fourth-order valence-corrected chi connectivity index (χ4v) is 2.85. The highest BCUT2D eigenvalue weighted by Crippen LogP contribution is 2.26. The molecule has 0 radical (unpaired) electrons. The molecule has 0 saturated heterocycles. The molecule has 0 fully saturated rings. The summed E-state index contributed by atoms with van der Waals surface area (Å²) in [6.07, 6.45) is 2.75. The number of halogens is 2. The molecule has 102 valence electrons. The Hall–Kier alpha value is -0.990. The summed E-state index contributed by atoms with van der Waals surface area (Å²) in [6, 6.07) is 6.44. The number of nitrogens with two attached hydrogens (primary N) is 1. The maximum absolute atomic E-state index is 13.2. The van der Waals surface area contributed by atoms with Crippen LogP contribution in [0.2, 0.25) is 0 Å². The third-order valence-electron chi connectivity index (χ3n) is 2.92. The molecule has 1 heterocycles. The highest BCUT2D eigenvalue weighted by Gasteiger charge is 2.19. The van der Waals surface area contributed by atoms with Gasteiger partial charge >= 0.3 is 0 Å².